The number of anilines is 1. The van der Waals surface area contributed by atoms with E-state index in [2.05, 4.69) is 10.3 Å². The van der Waals surface area contributed by atoms with Gasteiger partial charge < -0.3 is 10.2 Å². The van der Waals surface area contributed by atoms with Gasteiger partial charge in [-0.15, -0.1) is 0 Å². The van der Waals surface area contributed by atoms with E-state index in [1.807, 2.05) is 12.1 Å². The number of pyridine rings is 1. The van der Waals surface area contributed by atoms with Crippen molar-refractivity contribution in [3.8, 4) is 0 Å². The summed E-state index contributed by atoms with van der Waals surface area (Å²) in [5.74, 6) is 2.65. The van der Waals surface area contributed by atoms with Gasteiger partial charge in [0.1, 0.15) is 5.82 Å². The Kier molecular flexibility index (Phi) is 3.17. The van der Waals surface area contributed by atoms with Crippen LogP contribution < -0.4 is 5.32 Å². The molecule has 4 nitrogen and oxygen atoms in total. The summed E-state index contributed by atoms with van der Waals surface area (Å²) in [6.45, 7) is 0. The maximum Gasteiger partial charge on any atom is 0.254 e. The van der Waals surface area contributed by atoms with Gasteiger partial charge in [0.05, 0.1) is 5.56 Å². The van der Waals surface area contributed by atoms with Crippen molar-refractivity contribution in [1.82, 2.24) is 9.88 Å². The van der Waals surface area contributed by atoms with Gasteiger partial charge in [-0.25, -0.2) is 4.98 Å². The molecule has 3 unspecified atom stereocenters. The number of nitrogens with one attached hydrogen (secondary N) is 1. The van der Waals surface area contributed by atoms with Crippen molar-refractivity contribution in [2.24, 2.45) is 11.8 Å². The van der Waals surface area contributed by atoms with E-state index in [9.17, 15) is 4.79 Å². The zero-order valence-corrected chi connectivity index (χ0v) is 11.6. The normalized spacial score (nSPS) is 28.4. The second-order valence-corrected chi connectivity index (χ2v) is 6.06. The molecule has 1 aromatic heterocycles. The molecule has 2 saturated carbocycles. The van der Waals surface area contributed by atoms with Crippen molar-refractivity contribution in [2.45, 2.75) is 31.7 Å². The first-order chi connectivity index (χ1) is 9.13. The molecule has 1 N–H and O–H groups in total. The molecule has 3 atom stereocenters. The molecule has 2 bridgehead atoms. The standard InChI is InChI=1S/C15H21N3O/c1-18(2)15(19)12-5-6-14(16-9-12)17-13-8-10-3-4-11(13)7-10/h5-6,9-11,13H,3-4,7-8H2,1-2H3,(H,16,17). The Morgan fingerprint density at radius 1 is 1.32 bits per heavy atom. The fraction of sp³-hybridized carbons (Fsp3) is 0.600. The minimum Gasteiger partial charge on any atom is -0.367 e. The molecule has 4 heteroatoms. The van der Waals surface area contributed by atoms with Gasteiger partial charge >= 0.3 is 0 Å². The van der Waals surface area contributed by atoms with Crippen molar-refractivity contribution < 1.29 is 4.79 Å². The topological polar surface area (TPSA) is 45.2 Å². The summed E-state index contributed by atoms with van der Waals surface area (Å²) in [7, 11) is 3.51. The average Bonchev–Trinajstić information content (AvgIpc) is 3.01. The molecule has 0 saturated heterocycles. The van der Waals surface area contributed by atoms with Gasteiger partial charge in [0.25, 0.3) is 5.91 Å². The predicted octanol–water partition coefficient (Wildman–Crippen LogP) is 2.38. The third kappa shape index (κ3) is 2.44. The highest BCUT2D eigenvalue weighted by Gasteiger charge is 2.39. The highest BCUT2D eigenvalue weighted by Crippen LogP contribution is 2.45. The van der Waals surface area contributed by atoms with E-state index in [1.54, 1.807) is 25.2 Å². The molecule has 0 aliphatic heterocycles. The molecular formula is C15H21N3O. The Hall–Kier alpha value is -1.58. The van der Waals surface area contributed by atoms with E-state index in [4.69, 9.17) is 0 Å². The highest BCUT2D eigenvalue weighted by atomic mass is 16.2. The van der Waals surface area contributed by atoms with Gasteiger partial charge in [0.15, 0.2) is 0 Å². The molecule has 3 rings (SSSR count). The van der Waals surface area contributed by atoms with Crippen LogP contribution >= 0.6 is 0 Å². The highest BCUT2D eigenvalue weighted by molar-refractivity contribution is 5.93. The van der Waals surface area contributed by atoms with Crippen LogP contribution in [0, 0.1) is 11.8 Å². The fourth-order valence-corrected chi connectivity index (χ4v) is 3.48. The Balaban J connectivity index is 1.65. The molecule has 1 heterocycles. The van der Waals surface area contributed by atoms with Gasteiger partial charge in [-0.3, -0.25) is 4.79 Å². The summed E-state index contributed by atoms with van der Waals surface area (Å²) in [4.78, 5) is 17.7. The Labute approximate surface area is 114 Å². The molecule has 102 valence electrons. The molecule has 2 fully saturated rings. The lowest BCUT2D eigenvalue weighted by atomic mass is 9.95. The Morgan fingerprint density at radius 2 is 2.16 bits per heavy atom. The zero-order valence-electron chi connectivity index (χ0n) is 11.6. The Morgan fingerprint density at radius 3 is 2.68 bits per heavy atom. The van der Waals surface area contributed by atoms with Crippen LogP contribution in [0.1, 0.15) is 36.0 Å². The van der Waals surface area contributed by atoms with Crippen LogP contribution in [-0.2, 0) is 0 Å². The Bertz CT molecular complexity index is 469. The lowest BCUT2D eigenvalue weighted by Crippen LogP contribution is -2.26. The van der Waals surface area contributed by atoms with Gasteiger partial charge in [0.2, 0.25) is 0 Å². The third-order valence-corrected chi connectivity index (χ3v) is 4.49. The zero-order chi connectivity index (χ0) is 13.4. The van der Waals surface area contributed by atoms with Crippen LogP contribution in [0.15, 0.2) is 18.3 Å². The first-order valence-corrected chi connectivity index (χ1v) is 7.07. The average molecular weight is 259 g/mol. The number of carbonyl (C=O) groups is 1. The van der Waals surface area contributed by atoms with Crippen LogP contribution in [0.5, 0.6) is 0 Å². The number of carbonyl (C=O) groups excluding carboxylic acids is 1. The molecule has 1 aromatic rings. The van der Waals surface area contributed by atoms with E-state index < -0.39 is 0 Å². The van der Waals surface area contributed by atoms with E-state index in [0.29, 0.717) is 11.6 Å². The van der Waals surface area contributed by atoms with Gasteiger partial charge in [-0.1, -0.05) is 6.42 Å². The van der Waals surface area contributed by atoms with Gasteiger partial charge in [0, 0.05) is 26.3 Å². The number of nitrogens with zero attached hydrogens (tertiary/aromatic N) is 2. The second kappa shape index (κ2) is 4.83. The van der Waals surface area contributed by atoms with Crippen LogP contribution in [0.25, 0.3) is 0 Å². The van der Waals surface area contributed by atoms with Crippen molar-refractivity contribution in [1.29, 1.82) is 0 Å². The predicted molar refractivity (Wildman–Crippen MR) is 75.1 cm³/mol. The molecule has 0 spiro atoms. The summed E-state index contributed by atoms with van der Waals surface area (Å²) in [6, 6.07) is 4.36. The first kappa shape index (κ1) is 12.5. The summed E-state index contributed by atoms with van der Waals surface area (Å²) < 4.78 is 0. The number of fused-ring (bicyclic) bond motifs is 2. The van der Waals surface area contributed by atoms with E-state index in [1.165, 1.54) is 25.7 Å². The van der Waals surface area contributed by atoms with Crippen molar-refractivity contribution in [3.05, 3.63) is 23.9 Å². The molecular weight excluding hydrogens is 238 g/mol. The van der Waals surface area contributed by atoms with Crippen LogP contribution in [0.2, 0.25) is 0 Å². The van der Waals surface area contributed by atoms with Gasteiger partial charge in [-0.05, 0) is 43.2 Å². The van der Waals surface area contributed by atoms with Crippen LogP contribution in [0.4, 0.5) is 5.82 Å². The number of rotatable bonds is 3. The lowest BCUT2D eigenvalue weighted by Gasteiger charge is -2.23. The van der Waals surface area contributed by atoms with Crippen LogP contribution in [-0.4, -0.2) is 35.9 Å². The number of hydrogen-bond acceptors (Lipinski definition) is 3. The fourth-order valence-electron chi connectivity index (χ4n) is 3.48. The number of aromatic nitrogens is 1. The van der Waals surface area contributed by atoms with Gasteiger partial charge in [-0.2, -0.15) is 0 Å². The maximum absolute atomic E-state index is 11.8. The maximum atomic E-state index is 11.8. The summed E-state index contributed by atoms with van der Waals surface area (Å²) in [6.07, 6.45) is 7.10. The second-order valence-electron chi connectivity index (χ2n) is 6.06. The number of amides is 1. The summed E-state index contributed by atoms with van der Waals surface area (Å²) in [5.41, 5.74) is 0.642. The van der Waals surface area contributed by atoms with Crippen molar-refractivity contribution in [2.75, 3.05) is 19.4 Å². The smallest absolute Gasteiger partial charge is 0.254 e. The summed E-state index contributed by atoms with van der Waals surface area (Å²) in [5, 5.41) is 3.53. The molecule has 2 aliphatic carbocycles. The number of hydrogen-bond donors (Lipinski definition) is 1. The van der Waals surface area contributed by atoms with Crippen LogP contribution in [0.3, 0.4) is 0 Å². The SMILES string of the molecule is CN(C)C(=O)c1ccc(NC2CC3CCC2C3)nc1. The van der Waals surface area contributed by atoms with E-state index >= 15 is 0 Å². The third-order valence-electron chi connectivity index (χ3n) is 4.49. The lowest BCUT2D eigenvalue weighted by molar-refractivity contribution is 0.0827. The van der Waals surface area contributed by atoms with E-state index in [-0.39, 0.29) is 5.91 Å². The minimum atomic E-state index is -0.000951. The molecule has 1 amide bonds. The van der Waals surface area contributed by atoms with E-state index in [0.717, 1.165) is 17.7 Å². The molecule has 2 aliphatic rings. The first-order valence-electron chi connectivity index (χ1n) is 7.07. The monoisotopic (exact) mass is 259 g/mol. The molecule has 0 radical (unpaired) electrons. The molecule has 19 heavy (non-hydrogen) atoms. The van der Waals surface area contributed by atoms with Crippen molar-refractivity contribution >= 4 is 11.7 Å². The minimum absolute atomic E-state index is 0.000951. The largest absolute Gasteiger partial charge is 0.367 e. The summed E-state index contributed by atoms with van der Waals surface area (Å²) >= 11 is 0. The van der Waals surface area contributed by atoms with Crippen molar-refractivity contribution in [3.63, 3.8) is 0 Å². The quantitative estimate of drug-likeness (QED) is 0.906. The molecule has 0 aromatic carbocycles.